The second-order valence-corrected chi connectivity index (χ2v) is 6.10. The van der Waals surface area contributed by atoms with E-state index in [-0.39, 0.29) is 5.91 Å². The van der Waals surface area contributed by atoms with Crippen molar-refractivity contribution in [2.45, 2.75) is 63.1 Å². The normalized spacial score (nSPS) is 32.2. The molecule has 0 radical (unpaired) electrons. The van der Waals surface area contributed by atoms with Gasteiger partial charge in [0.2, 0.25) is 5.91 Å². The molecule has 3 fully saturated rings. The lowest BCUT2D eigenvalue weighted by atomic mass is 9.97. The van der Waals surface area contributed by atoms with Crippen LogP contribution < -0.4 is 10.6 Å². The van der Waals surface area contributed by atoms with Crippen molar-refractivity contribution in [3.63, 3.8) is 0 Å². The fourth-order valence-corrected chi connectivity index (χ4v) is 3.33. The van der Waals surface area contributed by atoms with Gasteiger partial charge in [-0.25, -0.2) is 0 Å². The Kier molecular flexibility index (Phi) is 3.85. The zero-order valence-corrected chi connectivity index (χ0v) is 11.2. The topological polar surface area (TPSA) is 44.4 Å². The van der Waals surface area contributed by atoms with Crippen molar-refractivity contribution in [2.75, 3.05) is 19.6 Å². The third-order valence-electron chi connectivity index (χ3n) is 4.55. The van der Waals surface area contributed by atoms with Crippen LogP contribution in [0.3, 0.4) is 0 Å². The zero-order chi connectivity index (χ0) is 12.4. The van der Waals surface area contributed by atoms with Gasteiger partial charge in [-0.05, 0) is 51.6 Å². The van der Waals surface area contributed by atoms with Crippen LogP contribution in [0.1, 0.15) is 44.9 Å². The molecule has 0 aromatic heterocycles. The van der Waals surface area contributed by atoms with E-state index in [2.05, 4.69) is 15.5 Å². The summed E-state index contributed by atoms with van der Waals surface area (Å²) in [6.07, 6.45) is 8.28. The standard InChI is InChI=1S/C14H25N3O/c18-14(16-11-3-4-11)5-7-15-12-6-9-17-8-1-2-13(17)10-12/h11-13,15H,1-10H2,(H,16,18). The van der Waals surface area contributed by atoms with Gasteiger partial charge in [0, 0.05) is 31.1 Å². The Bertz CT molecular complexity index is 303. The van der Waals surface area contributed by atoms with Crippen molar-refractivity contribution < 1.29 is 4.79 Å². The Morgan fingerprint density at radius 1 is 1.11 bits per heavy atom. The molecule has 1 aliphatic carbocycles. The van der Waals surface area contributed by atoms with Crippen LogP contribution >= 0.6 is 0 Å². The smallest absolute Gasteiger partial charge is 0.221 e. The van der Waals surface area contributed by atoms with Crippen molar-refractivity contribution in [2.24, 2.45) is 0 Å². The largest absolute Gasteiger partial charge is 0.353 e. The molecule has 2 aliphatic heterocycles. The summed E-state index contributed by atoms with van der Waals surface area (Å²) >= 11 is 0. The molecule has 3 rings (SSSR count). The third kappa shape index (κ3) is 3.23. The van der Waals surface area contributed by atoms with Crippen LogP contribution in [0, 0.1) is 0 Å². The minimum atomic E-state index is 0.225. The molecule has 2 unspecified atom stereocenters. The van der Waals surface area contributed by atoms with E-state index in [0.717, 1.165) is 12.6 Å². The summed E-state index contributed by atoms with van der Waals surface area (Å²) in [5.74, 6) is 0.225. The Hall–Kier alpha value is -0.610. The van der Waals surface area contributed by atoms with Crippen molar-refractivity contribution in [3.05, 3.63) is 0 Å². The highest BCUT2D eigenvalue weighted by molar-refractivity contribution is 5.76. The molecule has 2 saturated heterocycles. The first-order valence-electron chi connectivity index (χ1n) is 7.58. The van der Waals surface area contributed by atoms with Gasteiger partial charge < -0.3 is 15.5 Å². The lowest BCUT2D eigenvalue weighted by Crippen LogP contribution is -2.46. The van der Waals surface area contributed by atoms with Gasteiger partial charge in [0.1, 0.15) is 0 Å². The SMILES string of the molecule is O=C(CCNC1CCN2CCCC2C1)NC1CC1. The number of hydrogen-bond acceptors (Lipinski definition) is 3. The second-order valence-electron chi connectivity index (χ2n) is 6.10. The average molecular weight is 251 g/mol. The highest BCUT2D eigenvalue weighted by Crippen LogP contribution is 2.26. The first kappa shape index (κ1) is 12.4. The molecule has 2 atom stereocenters. The lowest BCUT2D eigenvalue weighted by Gasteiger charge is -2.35. The van der Waals surface area contributed by atoms with E-state index >= 15 is 0 Å². The maximum absolute atomic E-state index is 11.6. The van der Waals surface area contributed by atoms with Crippen LogP contribution in [0.2, 0.25) is 0 Å². The van der Waals surface area contributed by atoms with Crippen LogP contribution in [0.4, 0.5) is 0 Å². The Morgan fingerprint density at radius 3 is 2.83 bits per heavy atom. The summed E-state index contributed by atoms with van der Waals surface area (Å²) < 4.78 is 0. The lowest BCUT2D eigenvalue weighted by molar-refractivity contribution is -0.121. The number of carbonyl (C=O) groups excluding carboxylic acids is 1. The number of nitrogens with one attached hydrogen (secondary N) is 2. The highest BCUT2D eigenvalue weighted by atomic mass is 16.1. The Morgan fingerprint density at radius 2 is 2.00 bits per heavy atom. The van der Waals surface area contributed by atoms with Crippen molar-refractivity contribution in [1.82, 2.24) is 15.5 Å². The molecular weight excluding hydrogens is 226 g/mol. The van der Waals surface area contributed by atoms with E-state index in [1.54, 1.807) is 0 Å². The minimum absolute atomic E-state index is 0.225. The van der Waals surface area contributed by atoms with Gasteiger partial charge in [0.15, 0.2) is 0 Å². The van der Waals surface area contributed by atoms with Gasteiger partial charge in [0.05, 0.1) is 0 Å². The first-order chi connectivity index (χ1) is 8.81. The molecule has 2 heterocycles. The summed E-state index contributed by atoms with van der Waals surface area (Å²) in [7, 11) is 0. The summed E-state index contributed by atoms with van der Waals surface area (Å²) in [5.41, 5.74) is 0. The molecule has 1 saturated carbocycles. The van der Waals surface area contributed by atoms with Gasteiger partial charge in [-0.1, -0.05) is 0 Å². The monoisotopic (exact) mass is 251 g/mol. The van der Waals surface area contributed by atoms with Crippen LogP contribution in [0.15, 0.2) is 0 Å². The predicted octanol–water partition coefficient (Wildman–Crippen LogP) is 0.872. The van der Waals surface area contributed by atoms with E-state index in [4.69, 9.17) is 0 Å². The van der Waals surface area contributed by atoms with Crippen LogP contribution in [-0.4, -0.2) is 48.6 Å². The molecule has 2 N–H and O–H groups in total. The van der Waals surface area contributed by atoms with Crippen LogP contribution in [-0.2, 0) is 4.79 Å². The number of rotatable bonds is 5. The molecule has 18 heavy (non-hydrogen) atoms. The summed E-state index contributed by atoms with van der Waals surface area (Å²) in [6.45, 7) is 3.40. The minimum Gasteiger partial charge on any atom is -0.353 e. The fourth-order valence-electron chi connectivity index (χ4n) is 3.33. The second kappa shape index (κ2) is 5.57. The quantitative estimate of drug-likeness (QED) is 0.762. The molecule has 0 aromatic carbocycles. The molecule has 4 nitrogen and oxygen atoms in total. The number of fused-ring (bicyclic) bond motifs is 1. The molecule has 0 aromatic rings. The molecule has 0 bridgehead atoms. The van der Waals surface area contributed by atoms with Crippen LogP contribution in [0.5, 0.6) is 0 Å². The predicted molar refractivity (Wildman–Crippen MR) is 71.4 cm³/mol. The van der Waals surface area contributed by atoms with Gasteiger partial charge >= 0.3 is 0 Å². The van der Waals surface area contributed by atoms with Gasteiger partial charge in [-0.3, -0.25) is 4.79 Å². The van der Waals surface area contributed by atoms with Crippen molar-refractivity contribution >= 4 is 5.91 Å². The number of amides is 1. The molecule has 4 heteroatoms. The van der Waals surface area contributed by atoms with Gasteiger partial charge in [-0.2, -0.15) is 0 Å². The Balaban J connectivity index is 1.32. The van der Waals surface area contributed by atoms with Crippen LogP contribution in [0.25, 0.3) is 0 Å². The summed E-state index contributed by atoms with van der Waals surface area (Å²) in [5, 5.41) is 6.61. The number of hydrogen-bond donors (Lipinski definition) is 2. The third-order valence-corrected chi connectivity index (χ3v) is 4.55. The van der Waals surface area contributed by atoms with Gasteiger partial charge in [-0.15, -0.1) is 0 Å². The Labute approximate surface area is 109 Å². The fraction of sp³-hybridized carbons (Fsp3) is 0.929. The number of carbonyl (C=O) groups is 1. The van der Waals surface area contributed by atoms with E-state index in [9.17, 15) is 4.79 Å². The maximum atomic E-state index is 11.6. The molecule has 1 amide bonds. The van der Waals surface area contributed by atoms with E-state index in [0.29, 0.717) is 18.5 Å². The number of nitrogens with zero attached hydrogens (tertiary/aromatic N) is 1. The van der Waals surface area contributed by atoms with E-state index in [1.165, 1.54) is 51.6 Å². The van der Waals surface area contributed by atoms with Gasteiger partial charge in [0.25, 0.3) is 0 Å². The summed E-state index contributed by atoms with van der Waals surface area (Å²) in [6, 6.07) is 1.95. The molecule has 102 valence electrons. The first-order valence-corrected chi connectivity index (χ1v) is 7.58. The molecular formula is C14H25N3O. The van der Waals surface area contributed by atoms with E-state index < -0.39 is 0 Å². The van der Waals surface area contributed by atoms with Crippen molar-refractivity contribution in [3.8, 4) is 0 Å². The number of piperidine rings is 1. The molecule has 0 spiro atoms. The zero-order valence-electron chi connectivity index (χ0n) is 11.2. The highest BCUT2D eigenvalue weighted by Gasteiger charge is 2.31. The molecule has 3 aliphatic rings. The summed E-state index contributed by atoms with van der Waals surface area (Å²) in [4.78, 5) is 14.2. The maximum Gasteiger partial charge on any atom is 0.221 e. The van der Waals surface area contributed by atoms with E-state index in [1.807, 2.05) is 0 Å². The van der Waals surface area contributed by atoms with Crippen molar-refractivity contribution in [1.29, 1.82) is 0 Å². The average Bonchev–Trinajstić information content (AvgIpc) is 3.05.